The summed E-state index contributed by atoms with van der Waals surface area (Å²) in [5.41, 5.74) is 0. The summed E-state index contributed by atoms with van der Waals surface area (Å²) in [4.78, 5) is 12.9. The molecule has 0 aromatic carbocycles. The second-order valence-corrected chi connectivity index (χ2v) is 9.63. The molecule has 5 nitrogen and oxygen atoms in total. The molecule has 2 saturated carbocycles. The van der Waals surface area contributed by atoms with Gasteiger partial charge in [0.25, 0.3) is 0 Å². The molecule has 0 saturated heterocycles. The van der Waals surface area contributed by atoms with E-state index in [1.54, 1.807) is 12.1 Å². The van der Waals surface area contributed by atoms with E-state index in [2.05, 4.69) is 10.0 Å². The van der Waals surface area contributed by atoms with Gasteiger partial charge < -0.3 is 5.32 Å². The molecule has 1 heterocycles. The summed E-state index contributed by atoms with van der Waals surface area (Å²) in [6.45, 7) is 0.406. The van der Waals surface area contributed by atoms with Crippen LogP contribution >= 0.6 is 11.3 Å². The standard InChI is InChI=1S/C15H22N2O3S2/c1-16-22(19,20)15-5-4-13(21-15)9-17-14(18)8-12-7-10-2-3-11(12)6-10/h4-5,10-12,16H,2-3,6-9H2,1H3,(H,17,18). The average Bonchev–Trinajstić information content (AvgIpc) is 3.21. The first kappa shape index (κ1) is 16.0. The molecule has 1 aromatic heterocycles. The SMILES string of the molecule is CNS(=O)(=O)c1ccc(CNC(=O)CC2CC3CCC2C3)s1. The minimum absolute atomic E-state index is 0.0870. The van der Waals surface area contributed by atoms with E-state index in [9.17, 15) is 13.2 Å². The molecule has 0 spiro atoms. The van der Waals surface area contributed by atoms with Crippen LogP contribution in [0, 0.1) is 17.8 Å². The predicted octanol–water partition coefficient (Wildman–Crippen LogP) is 2.10. The summed E-state index contributed by atoms with van der Waals surface area (Å²) in [5, 5.41) is 2.92. The fourth-order valence-corrected chi connectivity index (χ4v) is 5.95. The summed E-state index contributed by atoms with van der Waals surface area (Å²) in [6, 6.07) is 3.33. The summed E-state index contributed by atoms with van der Waals surface area (Å²) in [6.07, 6.45) is 5.78. The van der Waals surface area contributed by atoms with Crippen molar-refractivity contribution in [1.29, 1.82) is 0 Å². The number of nitrogens with one attached hydrogen (secondary N) is 2. The van der Waals surface area contributed by atoms with Crippen LogP contribution in [0.1, 0.15) is 37.0 Å². The molecule has 0 aliphatic heterocycles. The van der Waals surface area contributed by atoms with E-state index in [0.717, 1.165) is 16.7 Å². The van der Waals surface area contributed by atoms with Crippen LogP contribution in [0.2, 0.25) is 0 Å². The molecule has 2 N–H and O–H groups in total. The Labute approximate surface area is 135 Å². The number of rotatable bonds is 6. The van der Waals surface area contributed by atoms with Crippen molar-refractivity contribution in [2.75, 3.05) is 7.05 Å². The van der Waals surface area contributed by atoms with Crippen LogP contribution in [0.15, 0.2) is 16.3 Å². The molecule has 0 radical (unpaired) electrons. The second-order valence-electron chi connectivity index (χ2n) is 6.34. The van der Waals surface area contributed by atoms with Gasteiger partial charge in [0.2, 0.25) is 15.9 Å². The number of amides is 1. The molecule has 22 heavy (non-hydrogen) atoms. The smallest absolute Gasteiger partial charge is 0.249 e. The molecular weight excluding hydrogens is 320 g/mol. The molecule has 3 rings (SSSR count). The highest BCUT2D eigenvalue weighted by Gasteiger charge is 2.40. The minimum Gasteiger partial charge on any atom is -0.351 e. The predicted molar refractivity (Wildman–Crippen MR) is 86.0 cm³/mol. The molecule has 122 valence electrons. The van der Waals surface area contributed by atoms with Gasteiger partial charge in [-0.05, 0) is 56.2 Å². The monoisotopic (exact) mass is 342 g/mol. The van der Waals surface area contributed by atoms with Crippen LogP contribution in [0.4, 0.5) is 0 Å². The number of hydrogen-bond acceptors (Lipinski definition) is 4. The highest BCUT2D eigenvalue weighted by molar-refractivity contribution is 7.91. The van der Waals surface area contributed by atoms with Gasteiger partial charge in [-0.25, -0.2) is 13.1 Å². The maximum atomic E-state index is 12.1. The van der Waals surface area contributed by atoms with E-state index in [1.807, 2.05) is 0 Å². The maximum Gasteiger partial charge on any atom is 0.249 e. The Morgan fingerprint density at radius 1 is 1.32 bits per heavy atom. The fraction of sp³-hybridized carbons (Fsp3) is 0.667. The Morgan fingerprint density at radius 3 is 2.77 bits per heavy atom. The van der Waals surface area contributed by atoms with E-state index in [-0.39, 0.29) is 10.1 Å². The Kier molecular flexibility index (Phi) is 4.56. The molecular formula is C15H22N2O3S2. The highest BCUT2D eigenvalue weighted by atomic mass is 32.2. The molecule has 2 bridgehead atoms. The molecule has 1 aromatic rings. The van der Waals surface area contributed by atoms with Gasteiger partial charge >= 0.3 is 0 Å². The zero-order valence-electron chi connectivity index (χ0n) is 12.7. The van der Waals surface area contributed by atoms with E-state index in [1.165, 1.54) is 44.1 Å². The average molecular weight is 342 g/mol. The lowest BCUT2D eigenvalue weighted by atomic mass is 9.86. The van der Waals surface area contributed by atoms with Gasteiger partial charge in [-0.15, -0.1) is 11.3 Å². The van der Waals surface area contributed by atoms with E-state index < -0.39 is 10.0 Å². The first-order valence-electron chi connectivity index (χ1n) is 7.77. The molecule has 2 aliphatic rings. The number of sulfonamides is 1. The van der Waals surface area contributed by atoms with Crippen LogP contribution in [-0.2, 0) is 21.4 Å². The Morgan fingerprint density at radius 2 is 2.14 bits per heavy atom. The van der Waals surface area contributed by atoms with Gasteiger partial charge in [0.15, 0.2) is 0 Å². The lowest BCUT2D eigenvalue weighted by molar-refractivity contribution is -0.122. The van der Waals surface area contributed by atoms with Crippen molar-refractivity contribution in [3.8, 4) is 0 Å². The van der Waals surface area contributed by atoms with Crippen molar-refractivity contribution in [2.45, 2.75) is 42.9 Å². The second kappa shape index (κ2) is 6.29. The molecule has 3 atom stereocenters. The van der Waals surface area contributed by atoms with Crippen LogP contribution in [0.5, 0.6) is 0 Å². The number of fused-ring (bicyclic) bond motifs is 2. The van der Waals surface area contributed by atoms with Crippen molar-refractivity contribution in [2.24, 2.45) is 17.8 Å². The van der Waals surface area contributed by atoms with Gasteiger partial charge in [-0.2, -0.15) is 0 Å². The molecule has 3 unspecified atom stereocenters. The van der Waals surface area contributed by atoms with Crippen LogP contribution < -0.4 is 10.0 Å². The van der Waals surface area contributed by atoms with Crippen molar-refractivity contribution in [1.82, 2.24) is 10.0 Å². The van der Waals surface area contributed by atoms with Crippen molar-refractivity contribution in [3.63, 3.8) is 0 Å². The minimum atomic E-state index is -3.38. The largest absolute Gasteiger partial charge is 0.351 e. The highest BCUT2D eigenvalue weighted by Crippen LogP contribution is 2.49. The van der Waals surface area contributed by atoms with E-state index >= 15 is 0 Å². The summed E-state index contributed by atoms with van der Waals surface area (Å²) >= 11 is 1.20. The molecule has 2 aliphatic carbocycles. The third-order valence-corrected chi connectivity index (χ3v) is 7.95. The van der Waals surface area contributed by atoms with Gasteiger partial charge in [-0.1, -0.05) is 6.42 Å². The van der Waals surface area contributed by atoms with Gasteiger partial charge in [0.05, 0.1) is 6.54 Å². The normalized spacial score (nSPS) is 27.2. The summed E-state index contributed by atoms with van der Waals surface area (Å²) < 4.78 is 25.9. The quantitative estimate of drug-likeness (QED) is 0.831. The third-order valence-electron chi connectivity index (χ3n) is 4.96. The zero-order chi connectivity index (χ0) is 15.7. The third kappa shape index (κ3) is 3.36. The molecule has 1 amide bonds. The van der Waals surface area contributed by atoms with E-state index in [0.29, 0.717) is 18.9 Å². The number of thiophene rings is 1. The van der Waals surface area contributed by atoms with Crippen LogP contribution in [0.25, 0.3) is 0 Å². The van der Waals surface area contributed by atoms with Crippen molar-refractivity contribution >= 4 is 27.3 Å². The topological polar surface area (TPSA) is 75.3 Å². The summed E-state index contributed by atoms with van der Waals surface area (Å²) in [5.74, 6) is 2.26. The van der Waals surface area contributed by atoms with Gasteiger partial charge in [0, 0.05) is 11.3 Å². The number of carbonyl (C=O) groups is 1. The first-order chi connectivity index (χ1) is 10.5. The summed E-state index contributed by atoms with van der Waals surface area (Å²) in [7, 11) is -1.99. The number of hydrogen-bond donors (Lipinski definition) is 2. The Bertz CT molecular complexity index is 653. The van der Waals surface area contributed by atoms with E-state index in [4.69, 9.17) is 0 Å². The Balaban J connectivity index is 1.49. The molecule has 2 fully saturated rings. The fourth-order valence-electron chi connectivity index (χ4n) is 3.82. The first-order valence-corrected chi connectivity index (χ1v) is 10.1. The van der Waals surface area contributed by atoms with Gasteiger partial charge in [0.1, 0.15) is 4.21 Å². The maximum absolute atomic E-state index is 12.1. The lowest BCUT2D eigenvalue weighted by Gasteiger charge is -2.20. The van der Waals surface area contributed by atoms with Crippen LogP contribution in [0.3, 0.4) is 0 Å². The lowest BCUT2D eigenvalue weighted by Crippen LogP contribution is -2.26. The van der Waals surface area contributed by atoms with Crippen LogP contribution in [-0.4, -0.2) is 21.4 Å². The Hall–Kier alpha value is -0.920. The zero-order valence-corrected chi connectivity index (χ0v) is 14.3. The van der Waals surface area contributed by atoms with Crippen molar-refractivity contribution < 1.29 is 13.2 Å². The number of carbonyl (C=O) groups excluding carboxylic acids is 1. The molecule has 7 heteroatoms. The van der Waals surface area contributed by atoms with Crippen molar-refractivity contribution in [3.05, 3.63) is 17.0 Å². The van der Waals surface area contributed by atoms with Gasteiger partial charge in [-0.3, -0.25) is 4.79 Å².